The summed E-state index contributed by atoms with van der Waals surface area (Å²) >= 11 is 5.85. The van der Waals surface area contributed by atoms with E-state index in [0.717, 1.165) is 5.56 Å². The molecule has 2 aromatic rings. The minimum atomic E-state index is -3.76. The minimum absolute atomic E-state index is 0.0146. The summed E-state index contributed by atoms with van der Waals surface area (Å²) in [6.45, 7) is 1.79. The van der Waals surface area contributed by atoms with E-state index in [1.807, 2.05) is 6.07 Å². The van der Waals surface area contributed by atoms with Gasteiger partial charge in [0.2, 0.25) is 10.0 Å². The summed E-state index contributed by atoms with van der Waals surface area (Å²) in [6, 6.07) is 14.7. The molecule has 0 aliphatic carbocycles. The van der Waals surface area contributed by atoms with Crippen LogP contribution in [0.5, 0.6) is 0 Å². The average molecular weight is 335 g/mol. The smallest absolute Gasteiger partial charge is 0.207 e. The molecule has 4 nitrogen and oxygen atoms in total. The summed E-state index contributed by atoms with van der Waals surface area (Å²) in [7, 11) is -2.26. The Bertz CT molecular complexity index is 811. The van der Waals surface area contributed by atoms with E-state index in [9.17, 15) is 8.42 Å². The van der Waals surface area contributed by atoms with Gasteiger partial charge in [0, 0.05) is 18.1 Å². The minimum Gasteiger partial charge on any atom is -0.207 e. The van der Waals surface area contributed by atoms with E-state index in [1.54, 1.807) is 43.3 Å². The van der Waals surface area contributed by atoms with Gasteiger partial charge in [-0.05, 0) is 36.8 Å². The van der Waals surface area contributed by atoms with Gasteiger partial charge < -0.3 is 0 Å². The van der Waals surface area contributed by atoms with E-state index >= 15 is 0 Å². The number of sulfonamides is 1. The van der Waals surface area contributed by atoms with Crippen LogP contribution in [-0.4, -0.2) is 19.8 Å². The van der Waals surface area contributed by atoms with E-state index in [0.29, 0.717) is 5.02 Å². The SMILES string of the molecule is C[C@H](c1ccc(Cl)cc1)N(C)S(=O)(=O)c1ccccc1C#N. The van der Waals surface area contributed by atoms with Crippen LogP contribution in [0.3, 0.4) is 0 Å². The second-order valence-electron chi connectivity index (χ2n) is 4.86. The molecule has 0 aliphatic heterocycles. The third kappa shape index (κ3) is 3.14. The lowest BCUT2D eigenvalue weighted by atomic mass is 10.1. The summed E-state index contributed by atoms with van der Waals surface area (Å²) in [4.78, 5) is 0.0146. The van der Waals surface area contributed by atoms with Crippen LogP contribution in [0.4, 0.5) is 0 Å². The zero-order valence-corrected chi connectivity index (χ0v) is 13.8. The highest BCUT2D eigenvalue weighted by molar-refractivity contribution is 7.89. The molecule has 0 aromatic heterocycles. The van der Waals surface area contributed by atoms with Gasteiger partial charge in [0.15, 0.2) is 0 Å². The lowest BCUT2D eigenvalue weighted by Crippen LogP contribution is -2.30. The van der Waals surface area contributed by atoms with Gasteiger partial charge in [-0.1, -0.05) is 35.9 Å². The van der Waals surface area contributed by atoms with E-state index in [4.69, 9.17) is 16.9 Å². The van der Waals surface area contributed by atoms with Crippen LogP contribution in [0.2, 0.25) is 5.02 Å². The molecule has 0 amide bonds. The third-order valence-electron chi connectivity index (χ3n) is 3.56. The fourth-order valence-corrected chi connectivity index (χ4v) is 3.71. The first-order valence-electron chi connectivity index (χ1n) is 6.60. The van der Waals surface area contributed by atoms with Gasteiger partial charge in [-0.25, -0.2) is 8.42 Å². The Morgan fingerprint density at radius 3 is 2.32 bits per heavy atom. The van der Waals surface area contributed by atoms with Gasteiger partial charge in [-0.15, -0.1) is 0 Å². The number of halogens is 1. The van der Waals surface area contributed by atoms with E-state index in [-0.39, 0.29) is 16.5 Å². The van der Waals surface area contributed by atoms with Gasteiger partial charge >= 0.3 is 0 Å². The lowest BCUT2D eigenvalue weighted by Gasteiger charge is -2.25. The molecule has 114 valence electrons. The standard InChI is InChI=1S/C16H15ClN2O2S/c1-12(13-7-9-15(17)10-8-13)19(2)22(20,21)16-6-4-3-5-14(16)11-18/h3-10,12H,1-2H3/t12-/m1/s1. The molecule has 0 N–H and O–H groups in total. The monoisotopic (exact) mass is 334 g/mol. The van der Waals surface area contributed by atoms with Crippen molar-refractivity contribution in [3.8, 4) is 6.07 Å². The summed E-state index contributed by atoms with van der Waals surface area (Å²) in [6.07, 6.45) is 0. The zero-order chi connectivity index (χ0) is 16.3. The summed E-state index contributed by atoms with van der Waals surface area (Å²) in [5.74, 6) is 0. The highest BCUT2D eigenvalue weighted by Gasteiger charge is 2.28. The molecule has 0 fully saturated rings. The molecule has 2 aromatic carbocycles. The molecule has 6 heteroatoms. The first kappa shape index (κ1) is 16.5. The number of benzene rings is 2. The molecular formula is C16H15ClN2O2S. The molecule has 0 unspecified atom stereocenters. The molecule has 0 saturated carbocycles. The highest BCUT2D eigenvalue weighted by atomic mass is 35.5. The van der Waals surface area contributed by atoms with Crippen molar-refractivity contribution < 1.29 is 8.42 Å². The second kappa shape index (κ2) is 6.49. The van der Waals surface area contributed by atoms with Crippen molar-refractivity contribution >= 4 is 21.6 Å². The number of nitrogens with zero attached hydrogens (tertiary/aromatic N) is 2. The van der Waals surface area contributed by atoms with Crippen LogP contribution in [0, 0.1) is 11.3 Å². The van der Waals surface area contributed by atoms with Crippen LogP contribution in [-0.2, 0) is 10.0 Å². The van der Waals surface area contributed by atoms with Gasteiger partial charge in [0.05, 0.1) is 10.5 Å². The largest absolute Gasteiger partial charge is 0.244 e. The highest BCUT2D eigenvalue weighted by Crippen LogP contribution is 2.27. The van der Waals surface area contributed by atoms with Gasteiger partial charge in [0.25, 0.3) is 0 Å². The van der Waals surface area contributed by atoms with Crippen LogP contribution in [0.1, 0.15) is 24.1 Å². The van der Waals surface area contributed by atoms with E-state index in [2.05, 4.69) is 0 Å². The van der Waals surface area contributed by atoms with Gasteiger partial charge in [0.1, 0.15) is 6.07 Å². The Labute approximate surface area is 135 Å². The number of rotatable bonds is 4. The summed E-state index contributed by atoms with van der Waals surface area (Å²) < 4.78 is 26.7. The number of nitriles is 1. The van der Waals surface area contributed by atoms with E-state index in [1.165, 1.54) is 23.5 Å². The Morgan fingerprint density at radius 2 is 1.73 bits per heavy atom. The summed E-state index contributed by atoms with van der Waals surface area (Å²) in [5, 5.41) is 9.70. The normalized spacial score (nSPS) is 12.9. The molecule has 0 bridgehead atoms. The maximum Gasteiger partial charge on any atom is 0.244 e. The van der Waals surface area contributed by atoms with Crippen molar-refractivity contribution in [1.82, 2.24) is 4.31 Å². The van der Waals surface area contributed by atoms with Crippen molar-refractivity contribution in [1.29, 1.82) is 5.26 Å². The fourth-order valence-electron chi connectivity index (χ4n) is 2.10. The average Bonchev–Trinajstić information content (AvgIpc) is 2.54. The molecule has 0 heterocycles. The van der Waals surface area contributed by atoms with Crippen LogP contribution in [0.25, 0.3) is 0 Å². The predicted molar refractivity (Wildman–Crippen MR) is 86.0 cm³/mol. The molecule has 0 radical (unpaired) electrons. The van der Waals surface area contributed by atoms with Crippen molar-refractivity contribution in [3.05, 3.63) is 64.7 Å². The molecule has 2 rings (SSSR count). The first-order chi connectivity index (χ1) is 10.4. The number of hydrogen-bond donors (Lipinski definition) is 0. The Morgan fingerprint density at radius 1 is 1.14 bits per heavy atom. The van der Waals surface area contributed by atoms with E-state index < -0.39 is 10.0 Å². The molecule has 0 aliphatic rings. The van der Waals surface area contributed by atoms with Crippen LogP contribution in [0.15, 0.2) is 53.4 Å². The molecule has 0 saturated heterocycles. The maximum absolute atomic E-state index is 12.7. The first-order valence-corrected chi connectivity index (χ1v) is 8.42. The Balaban J connectivity index is 2.41. The number of hydrogen-bond acceptors (Lipinski definition) is 3. The predicted octanol–water partition coefficient (Wildman–Crippen LogP) is 3.59. The van der Waals surface area contributed by atoms with Crippen molar-refractivity contribution in [2.75, 3.05) is 7.05 Å². The quantitative estimate of drug-likeness (QED) is 0.858. The fraction of sp³-hybridized carbons (Fsp3) is 0.188. The van der Waals surface area contributed by atoms with Crippen molar-refractivity contribution in [2.24, 2.45) is 0 Å². The Kier molecular flexibility index (Phi) is 4.87. The van der Waals surface area contributed by atoms with Gasteiger partial charge in [-0.2, -0.15) is 9.57 Å². The van der Waals surface area contributed by atoms with Crippen LogP contribution >= 0.6 is 11.6 Å². The third-order valence-corrected chi connectivity index (χ3v) is 5.80. The van der Waals surface area contributed by atoms with Crippen LogP contribution < -0.4 is 0 Å². The molecule has 22 heavy (non-hydrogen) atoms. The molecule has 0 spiro atoms. The maximum atomic E-state index is 12.7. The summed E-state index contributed by atoms with van der Waals surface area (Å²) in [5.41, 5.74) is 0.961. The van der Waals surface area contributed by atoms with Crippen molar-refractivity contribution in [3.63, 3.8) is 0 Å². The zero-order valence-electron chi connectivity index (χ0n) is 12.2. The topological polar surface area (TPSA) is 61.2 Å². The second-order valence-corrected chi connectivity index (χ2v) is 7.26. The van der Waals surface area contributed by atoms with Gasteiger partial charge in [-0.3, -0.25) is 0 Å². The molecule has 1 atom stereocenters. The molecular weight excluding hydrogens is 320 g/mol. The Hall–Kier alpha value is -1.87. The lowest BCUT2D eigenvalue weighted by molar-refractivity contribution is 0.398. The van der Waals surface area contributed by atoms with Crippen molar-refractivity contribution in [2.45, 2.75) is 17.9 Å².